The molecule has 106 valence electrons. The Hall–Kier alpha value is -1.40. The summed E-state index contributed by atoms with van der Waals surface area (Å²) < 4.78 is 12.3. The summed E-state index contributed by atoms with van der Waals surface area (Å²) in [6, 6.07) is 9.38. The van der Waals surface area contributed by atoms with Crippen LogP contribution in [0, 0.1) is 0 Å². The second kappa shape index (κ2) is 6.37. The van der Waals surface area contributed by atoms with Crippen molar-refractivity contribution in [3.05, 3.63) is 39.3 Å². The van der Waals surface area contributed by atoms with E-state index in [1.807, 2.05) is 30.3 Å². The van der Waals surface area contributed by atoms with Gasteiger partial charge in [0.25, 0.3) is 0 Å². The van der Waals surface area contributed by atoms with Gasteiger partial charge in [-0.05, 0) is 50.1 Å². The molecule has 0 radical (unpaired) electrons. The summed E-state index contributed by atoms with van der Waals surface area (Å²) in [5.74, 6) is 1.37. The smallest absolute Gasteiger partial charge is 0.143 e. The van der Waals surface area contributed by atoms with Crippen LogP contribution in [0.1, 0.15) is 0 Å². The van der Waals surface area contributed by atoms with Crippen LogP contribution in [0.4, 0.5) is 17.1 Å². The molecule has 0 unspecified atom stereocenters. The maximum absolute atomic E-state index is 6.05. The average Bonchev–Trinajstić information content (AvgIpc) is 2.43. The van der Waals surface area contributed by atoms with Gasteiger partial charge in [0, 0.05) is 10.5 Å². The van der Waals surface area contributed by atoms with Gasteiger partial charge in [0.15, 0.2) is 0 Å². The third kappa shape index (κ3) is 3.02. The molecule has 0 atom stereocenters. The fraction of sp³-hybridized carbons (Fsp3) is 0.143. The largest absolute Gasteiger partial charge is 0.495 e. The lowest BCUT2D eigenvalue weighted by atomic mass is 10.2. The van der Waals surface area contributed by atoms with Crippen molar-refractivity contribution in [3.8, 4) is 11.5 Å². The Morgan fingerprint density at radius 2 is 1.65 bits per heavy atom. The molecule has 6 heteroatoms. The Balaban J connectivity index is 2.40. The summed E-state index contributed by atoms with van der Waals surface area (Å²) in [7, 11) is 3.21. The molecule has 0 bridgehead atoms. The summed E-state index contributed by atoms with van der Waals surface area (Å²) in [5, 5.41) is 3.26. The molecule has 0 heterocycles. The summed E-state index contributed by atoms with van der Waals surface area (Å²) in [6.45, 7) is 0. The molecule has 20 heavy (non-hydrogen) atoms. The van der Waals surface area contributed by atoms with Crippen molar-refractivity contribution in [1.82, 2.24) is 0 Å². The topological polar surface area (TPSA) is 56.5 Å². The SMILES string of the molecule is COc1cc(Nc2cccc(OC)c2N)c(Br)cc1Br. The lowest BCUT2D eigenvalue weighted by molar-refractivity contribution is 0.412. The van der Waals surface area contributed by atoms with Gasteiger partial charge in [-0.3, -0.25) is 0 Å². The van der Waals surface area contributed by atoms with Gasteiger partial charge in [-0.2, -0.15) is 0 Å². The Labute approximate surface area is 134 Å². The van der Waals surface area contributed by atoms with Gasteiger partial charge in [0.2, 0.25) is 0 Å². The highest BCUT2D eigenvalue weighted by atomic mass is 79.9. The molecular formula is C14H14Br2N2O2. The van der Waals surface area contributed by atoms with E-state index >= 15 is 0 Å². The molecule has 0 aliphatic heterocycles. The average molecular weight is 402 g/mol. The lowest BCUT2D eigenvalue weighted by Crippen LogP contribution is -2.00. The van der Waals surface area contributed by atoms with E-state index < -0.39 is 0 Å². The van der Waals surface area contributed by atoms with E-state index in [2.05, 4.69) is 37.2 Å². The summed E-state index contributed by atoms with van der Waals surface area (Å²) in [4.78, 5) is 0. The van der Waals surface area contributed by atoms with Crippen LogP contribution in [0.2, 0.25) is 0 Å². The molecule has 2 aromatic carbocycles. The van der Waals surface area contributed by atoms with Crippen LogP contribution in [0.15, 0.2) is 39.3 Å². The van der Waals surface area contributed by atoms with Gasteiger partial charge >= 0.3 is 0 Å². The zero-order chi connectivity index (χ0) is 14.7. The molecule has 4 nitrogen and oxygen atoms in total. The first-order chi connectivity index (χ1) is 9.56. The number of ether oxygens (including phenoxy) is 2. The van der Waals surface area contributed by atoms with E-state index in [0.717, 1.165) is 26.1 Å². The van der Waals surface area contributed by atoms with Crippen molar-refractivity contribution in [2.45, 2.75) is 0 Å². The predicted octanol–water partition coefficient (Wildman–Crippen LogP) is 4.55. The number of para-hydroxylation sites is 1. The van der Waals surface area contributed by atoms with Crippen LogP contribution in [0.25, 0.3) is 0 Å². The monoisotopic (exact) mass is 400 g/mol. The maximum atomic E-state index is 6.05. The van der Waals surface area contributed by atoms with Crippen molar-refractivity contribution in [1.29, 1.82) is 0 Å². The maximum Gasteiger partial charge on any atom is 0.143 e. The molecule has 0 aromatic heterocycles. The summed E-state index contributed by atoms with van der Waals surface area (Å²) in [5.41, 5.74) is 8.23. The van der Waals surface area contributed by atoms with Crippen molar-refractivity contribution >= 4 is 48.9 Å². The number of rotatable bonds is 4. The van der Waals surface area contributed by atoms with Gasteiger partial charge in [-0.15, -0.1) is 0 Å². The molecule has 0 aliphatic carbocycles. The van der Waals surface area contributed by atoms with Gasteiger partial charge in [-0.1, -0.05) is 6.07 Å². The van der Waals surface area contributed by atoms with Gasteiger partial charge in [-0.25, -0.2) is 0 Å². The normalized spacial score (nSPS) is 10.2. The van der Waals surface area contributed by atoms with E-state index in [4.69, 9.17) is 15.2 Å². The molecule has 2 rings (SSSR count). The van der Waals surface area contributed by atoms with E-state index in [1.165, 1.54) is 0 Å². The Kier molecular flexibility index (Phi) is 4.77. The minimum Gasteiger partial charge on any atom is -0.495 e. The van der Waals surface area contributed by atoms with Crippen molar-refractivity contribution in [2.24, 2.45) is 0 Å². The zero-order valence-electron chi connectivity index (χ0n) is 11.0. The van der Waals surface area contributed by atoms with Crippen molar-refractivity contribution in [3.63, 3.8) is 0 Å². The second-order valence-electron chi connectivity index (χ2n) is 4.01. The van der Waals surface area contributed by atoms with Crippen molar-refractivity contribution in [2.75, 3.05) is 25.3 Å². The first-order valence-corrected chi connectivity index (χ1v) is 7.38. The minimum atomic E-state index is 0.559. The first kappa shape index (κ1) is 15.0. The number of anilines is 3. The van der Waals surface area contributed by atoms with Crippen LogP contribution < -0.4 is 20.5 Å². The zero-order valence-corrected chi connectivity index (χ0v) is 14.2. The fourth-order valence-corrected chi connectivity index (χ4v) is 3.01. The Morgan fingerprint density at radius 1 is 0.950 bits per heavy atom. The number of nitrogens with two attached hydrogens (primary N) is 1. The second-order valence-corrected chi connectivity index (χ2v) is 5.72. The van der Waals surface area contributed by atoms with Crippen LogP contribution in [-0.2, 0) is 0 Å². The predicted molar refractivity (Wildman–Crippen MR) is 89.1 cm³/mol. The van der Waals surface area contributed by atoms with Crippen LogP contribution in [0.5, 0.6) is 11.5 Å². The minimum absolute atomic E-state index is 0.559. The molecule has 0 amide bonds. The number of halogens is 2. The Bertz CT molecular complexity index is 633. The fourth-order valence-electron chi connectivity index (χ4n) is 1.76. The molecule has 0 spiro atoms. The number of methoxy groups -OCH3 is 2. The number of nitrogens with one attached hydrogen (secondary N) is 1. The molecule has 2 aromatic rings. The highest BCUT2D eigenvalue weighted by Gasteiger charge is 2.10. The van der Waals surface area contributed by atoms with E-state index in [9.17, 15) is 0 Å². The number of benzene rings is 2. The molecule has 3 N–H and O–H groups in total. The van der Waals surface area contributed by atoms with E-state index in [1.54, 1.807) is 14.2 Å². The molecule has 0 saturated heterocycles. The highest BCUT2D eigenvalue weighted by Crippen LogP contribution is 2.38. The quantitative estimate of drug-likeness (QED) is 0.737. The van der Waals surface area contributed by atoms with Gasteiger partial charge in [0.1, 0.15) is 11.5 Å². The molecule has 0 saturated carbocycles. The standard InChI is InChI=1S/C14H14Br2N2O2/c1-19-12-5-3-4-10(14(12)17)18-11-7-13(20-2)9(16)6-8(11)15/h3-7,18H,17H2,1-2H3. The Morgan fingerprint density at radius 3 is 2.30 bits per heavy atom. The molecule has 0 aliphatic rings. The summed E-state index contributed by atoms with van der Waals surface area (Å²) >= 11 is 6.94. The molecular weight excluding hydrogens is 388 g/mol. The third-order valence-corrected chi connectivity index (χ3v) is 4.07. The molecule has 0 fully saturated rings. The summed E-state index contributed by atoms with van der Waals surface area (Å²) in [6.07, 6.45) is 0. The van der Waals surface area contributed by atoms with E-state index in [-0.39, 0.29) is 0 Å². The van der Waals surface area contributed by atoms with Crippen molar-refractivity contribution < 1.29 is 9.47 Å². The van der Waals surface area contributed by atoms with Crippen LogP contribution in [0.3, 0.4) is 0 Å². The van der Waals surface area contributed by atoms with Gasteiger partial charge in [0.05, 0.1) is 35.8 Å². The first-order valence-electron chi connectivity index (χ1n) is 5.79. The van der Waals surface area contributed by atoms with Crippen LogP contribution in [-0.4, -0.2) is 14.2 Å². The number of hydrogen-bond acceptors (Lipinski definition) is 4. The van der Waals surface area contributed by atoms with Crippen LogP contribution >= 0.6 is 31.9 Å². The van der Waals surface area contributed by atoms with E-state index in [0.29, 0.717) is 11.4 Å². The third-order valence-electron chi connectivity index (χ3n) is 2.80. The lowest BCUT2D eigenvalue weighted by Gasteiger charge is -2.15. The number of hydrogen-bond donors (Lipinski definition) is 2. The van der Waals surface area contributed by atoms with Gasteiger partial charge < -0.3 is 20.5 Å². The number of nitrogen functional groups attached to an aromatic ring is 1. The highest BCUT2D eigenvalue weighted by molar-refractivity contribution is 9.11.